The van der Waals surface area contributed by atoms with Crippen molar-refractivity contribution in [2.75, 3.05) is 7.11 Å². The van der Waals surface area contributed by atoms with Gasteiger partial charge in [0.1, 0.15) is 4.88 Å². The smallest absolute Gasteiger partial charge is 0.292 e. The maximum atomic E-state index is 6.10. The Morgan fingerprint density at radius 2 is 1.91 bits per heavy atom. The molecule has 3 aromatic rings. The van der Waals surface area contributed by atoms with Gasteiger partial charge in [-0.15, -0.1) is 11.3 Å². The van der Waals surface area contributed by atoms with Crippen LogP contribution in [0.15, 0.2) is 54.4 Å². The Labute approximate surface area is 204 Å². The van der Waals surface area contributed by atoms with Gasteiger partial charge < -0.3 is 9.47 Å². The standard InChI is InChI=1S/C29H40NO2S/c1-7-10-13-23-15-16-25-27(19-23)33-29(28(25)24(8-2)9-3)26-14-11-12-17-30(26)20-32-22(5)18-21(4)31-6/h11-12,14-19,21,24H,7-10,13,20H2,1-6H3/q+1. The number of fused-ring (bicyclic) bond motifs is 1. The van der Waals surface area contributed by atoms with Crippen LogP contribution < -0.4 is 4.57 Å². The van der Waals surface area contributed by atoms with Crippen LogP contribution >= 0.6 is 11.3 Å². The minimum atomic E-state index is 0.0382. The second-order valence-corrected chi connectivity index (χ2v) is 9.89. The molecule has 0 aliphatic carbocycles. The molecule has 0 radical (unpaired) electrons. The van der Waals surface area contributed by atoms with Gasteiger partial charge in [0.15, 0.2) is 6.20 Å². The van der Waals surface area contributed by atoms with E-state index in [0.717, 1.165) is 25.0 Å². The molecule has 2 heterocycles. The highest BCUT2D eigenvalue weighted by Gasteiger charge is 2.25. The Morgan fingerprint density at radius 1 is 1.12 bits per heavy atom. The molecule has 3 nitrogen and oxygen atoms in total. The SMILES string of the molecule is CCCCc1ccc2c(C(CC)CC)c(-c3cccc[n+]3COC(C)=CC(C)OC)sc2c1. The molecule has 0 spiro atoms. The lowest BCUT2D eigenvalue weighted by atomic mass is 9.90. The summed E-state index contributed by atoms with van der Waals surface area (Å²) in [6.07, 6.45) is 10.1. The zero-order valence-electron chi connectivity index (χ0n) is 21.2. The Kier molecular flexibility index (Phi) is 9.52. The Bertz CT molecular complexity index is 1060. The number of rotatable bonds is 12. The number of methoxy groups -OCH3 is 1. The molecule has 33 heavy (non-hydrogen) atoms. The van der Waals surface area contributed by atoms with Crippen molar-refractivity contribution in [1.29, 1.82) is 0 Å². The van der Waals surface area contributed by atoms with Gasteiger partial charge in [0.2, 0.25) is 5.69 Å². The monoisotopic (exact) mass is 466 g/mol. The zero-order chi connectivity index (χ0) is 23.8. The fourth-order valence-corrected chi connectivity index (χ4v) is 5.80. The van der Waals surface area contributed by atoms with Crippen molar-refractivity contribution in [1.82, 2.24) is 0 Å². The number of hydrogen-bond acceptors (Lipinski definition) is 3. The molecule has 1 atom stereocenters. The highest BCUT2D eigenvalue weighted by atomic mass is 32.1. The number of hydrogen-bond donors (Lipinski definition) is 0. The molecule has 0 bridgehead atoms. The van der Waals surface area contributed by atoms with E-state index < -0.39 is 0 Å². The zero-order valence-corrected chi connectivity index (χ0v) is 22.0. The molecule has 0 saturated heterocycles. The van der Waals surface area contributed by atoms with Crippen LogP contribution in [0, 0.1) is 0 Å². The van der Waals surface area contributed by atoms with Gasteiger partial charge in [0, 0.05) is 23.9 Å². The predicted octanol–water partition coefficient (Wildman–Crippen LogP) is 8.01. The number of thiophene rings is 1. The summed E-state index contributed by atoms with van der Waals surface area (Å²) in [4.78, 5) is 1.38. The van der Waals surface area contributed by atoms with Gasteiger partial charge in [-0.1, -0.05) is 39.3 Å². The highest BCUT2D eigenvalue weighted by molar-refractivity contribution is 7.22. The molecule has 0 N–H and O–H groups in total. The van der Waals surface area contributed by atoms with E-state index in [1.165, 1.54) is 44.6 Å². The van der Waals surface area contributed by atoms with Crippen LogP contribution in [0.25, 0.3) is 20.7 Å². The van der Waals surface area contributed by atoms with Gasteiger partial charge >= 0.3 is 0 Å². The lowest BCUT2D eigenvalue weighted by Crippen LogP contribution is -2.37. The molecule has 1 unspecified atom stereocenters. The Morgan fingerprint density at radius 3 is 2.61 bits per heavy atom. The first-order valence-electron chi connectivity index (χ1n) is 12.4. The van der Waals surface area contributed by atoms with Crippen LogP contribution in [-0.4, -0.2) is 13.2 Å². The van der Waals surface area contributed by atoms with Gasteiger partial charge in [-0.3, -0.25) is 0 Å². The molecule has 2 aromatic heterocycles. The first-order valence-corrected chi connectivity index (χ1v) is 13.2. The molecule has 0 aliphatic rings. The number of nitrogens with zero attached hydrogens (tertiary/aromatic N) is 1. The molecule has 3 rings (SSSR count). The van der Waals surface area contributed by atoms with Gasteiger partial charge in [0.25, 0.3) is 6.73 Å². The third-order valence-corrected chi connectivity index (χ3v) is 7.64. The van der Waals surface area contributed by atoms with E-state index in [9.17, 15) is 0 Å². The van der Waals surface area contributed by atoms with Crippen molar-refractivity contribution in [3.63, 3.8) is 0 Å². The van der Waals surface area contributed by atoms with E-state index in [4.69, 9.17) is 9.47 Å². The number of aryl methyl sites for hydroxylation is 1. The van der Waals surface area contributed by atoms with Crippen LogP contribution in [0.2, 0.25) is 0 Å². The Balaban J connectivity index is 2.05. The summed E-state index contributed by atoms with van der Waals surface area (Å²) in [5, 5.41) is 1.42. The van der Waals surface area contributed by atoms with E-state index >= 15 is 0 Å². The average molecular weight is 467 g/mol. The fraction of sp³-hybridized carbons (Fsp3) is 0.483. The molecule has 4 heteroatoms. The number of allylic oxidation sites excluding steroid dienone is 1. The van der Waals surface area contributed by atoms with Crippen molar-refractivity contribution >= 4 is 21.4 Å². The third-order valence-electron chi connectivity index (χ3n) is 6.45. The van der Waals surface area contributed by atoms with Gasteiger partial charge in [0.05, 0.1) is 11.9 Å². The minimum absolute atomic E-state index is 0.0382. The first-order chi connectivity index (χ1) is 16.0. The van der Waals surface area contributed by atoms with E-state index in [-0.39, 0.29) is 6.10 Å². The lowest BCUT2D eigenvalue weighted by molar-refractivity contribution is -0.719. The number of ether oxygens (including phenoxy) is 2. The quantitative estimate of drug-likeness (QED) is 0.199. The van der Waals surface area contributed by atoms with Crippen LogP contribution in [0.5, 0.6) is 0 Å². The molecular weight excluding hydrogens is 426 g/mol. The van der Waals surface area contributed by atoms with Gasteiger partial charge in [-0.25, -0.2) is 0 Å². The summed E-state index contributed by atoms with van der Waals surface area (Å²) < 4.78 is 15.1. The van der Waals surface area contributed by atoms with Crippen LogP contribution in [0.1, 0.15) is 77.3 Å². The van der Waals surface area contributed by atoms with Gasteiger partial charge in [-0.2, -0.15) is 4.57 Å². The summed E-state index contributed by atoms with van der Waals surface area (Å²) in [6.45, 7) is 11.4. The van der Waals surface area contributed by atoms with Crippen LogP contribution in [-0.2, 0) is 22.6 Å². The lowest BCUT2D eigenvalue weighted by Gasteiger charge is -2.15. The normalized spacial score (nSPS) is 13.1. The summed E-state index contributed by atoms with van der Waals surface area (Å²) in [5.41, 5.74) is 4.18. The summed E-state index contributed by atoms with van der Waals surface area (Å²) in [7, 11) is 1.72. The predicted molar refractivity (Wildman–Crippen MR) is 141 cm³/mol. The summed E-state index contributed by atoms with van der Waals surface area (Å²) in [5.74, 6) is 1.43. The van der Waals surface area contributed by atoms with Crippen molar-refractivity contribution < 1.29 is 14.0 Å². The van der Waals surface area contributed by atoms with E-state index in [1.807, 2.05) is 31.3 Å². The van der Waals surface area contributed by atoms with Crippen LogP contribution in [0.3, 0.4) is 0 Å². The topological polar surface area (TPSA) is 22.3 Å². The first kappa shape index (κ1) is 25.5. The number of aromatic nitrogens is 1. The molecule has 0 amide bonds. The minimum Gasteiger partial charge on any atom is -0.441 e. The largest absolute Gasteiger partial charge is 0.441 e. The Hall–Kier alpha value is -2.17. The second-order valence-electron chi connectivity index (χ2n) is 8.84. The maximum Gasteiger partial charge on any atom is 0.292 e. The third kappa shape index (κ3) is 6.24. The van der Waals surface area contributed by atoms with Crippen molar-refractivity contribution in [3.8, 4) is 10.6 Å². The number of benzene rings is 1. The molecule has 1 aromatic carbocycles. The highest BCUT2D eigenvalue weighted by Crippen LogP contribution is 2.44. The summed E-state index contributed by atoms with van der Waals surface area (Å²) in [6, 6.07) is 13.6. The molecule has 0 fully saturated rings. The van der Waals surface area contributed by atoms with E-state index in [1.54, 1.807) is 7.11 Å². The second kappa shape index (κ2) is 12.3. The van der Waals surface area contributed by atoms with Gasteiger partial charge in [-0.05, 0) is 80.2 Å². The van der Waals surface area contributed by atoms with Crippen LogP contribution in [0.4, 0.5) is 0 Å². The molecular formula is C29H40NO2S+. The number of pyridine rings is 1. The summed E-state index contributed by atoms with van der Waals surface area (Å²) >= 11 is 1.94. The van der Waals surface area contributed by atoms with E-state index in [0.29, 0.717) is 12.6 Å². The number of unbranched alkanes of at least 4 members (excludes halogenated alkanes) is 1. The average Bonchev–Trinajstić information content (AvgIpc) is 3.20. The van der Waals surface area contributed by atoms with E-state index in [2.05, 4.69) is 67.9 Å². The van der Waals surface area contributed by atoms with Crippen molar-refractivity contribution in [3.05, 3.63) is 65.6 Å². The maximum absolute atomic E-state index is 6.10. The fourth-order valence-electron chi connectivity index (χ4n) is 4.40. The van der Waals surface area contributed by atoms with Crippen molar-refractivity contribution in [2.45, 2.75) is 85.5 Å². The van der Waals surface area contributed by atoms with Crippen molar-refractivity contribution in [2.24, 2.45) is 0 Å². The molecule has 178 valence electrons. The molecule has 0 saturated carbocycles. The molecule has 0 aliphatic heterocycles.